The molecule has 0 aromatic carbocycles. The SMILES string of the molecule is CCc1cnc(CCNC(=O)N(C)C[C@H]2CCCC[C@H]2O)s1. The van der Waals surface area contributed by atoms with Gasteiger partial charge in [0.15, 0.2) is 0 Å². The molecule has 22 heavy (non-hydrogen) atoms. The number of carbonyl (C=O) groups excluding carboxylic acids is 1. The van der Waals surface area contributed by atoms with Crippen LogP contribution in [0.15, 0.2) is 6.20 Å². The monoisotopic (exact) mass is 325 g/mol. The van der Waals surface area contributed by atoms with Crippen molar-refractivity contribution < 1.29 is 9.90 Å². The Morgan fingerprint density at radius 2 is 2.27 bits per heavy atom. The standard InChI is InChI=1S/C16H27N3O2S/c1-3-13-10-18-15(22-13)8-9-17-16(21)19(2)11-12-6-4-5-7-14(12)20/h10,12,14,20H,3-9,11H2,1-2H3,(H,17,21)/t12-,14-/m1/s1. The van der Waals surface area contributed by atoms with Crippen molar-refractivity contribution in [1.29, 1.82) is 0 Å². The molecule has 0 spiro atoms. The first-order chi connectivity index (χ1) is 10.6. The van der Waals surface area contributed by atoms with Crippen molar-refractivity contribution in [3.05, 3.63) is 16.1 Å². The van der Waals surface area contributed by atoms with Gasteiger partial charge >= 0.3 is 6.03 Å². The number of rotatable bonds is 6. The number of hydrogen-bond acceptors (Lipinski definition) is 4. The number of carbonyl (C=O) groups is 1. The number of nitrogens with zero attached hydrogens (tertiary/aromatic N) is 2. The van der Waals surface area contributed by atoms with Crippen molar-refractivity contribution in [3.8, 4) is 0 Å². The van der Waals surface area contributed by atoms with Gasteiger partial charge in [0.25, 0.3) is 0 Å². The van der Waals surface area contributed by atoms with E-state index in [-0.39, 0.29) is 18.1 Å². The van der Waals surface area contributed by atoms with Gasteiger partial charge in [-0.3, -0.25) is 0 Å². The Balaban J connectivity index is 1.69. The van der Waals surface area contributed by atoms with Crippen LogP contribution in [0.2, 0.25) is 0 Å². The number of hydrogen-bond donors (Lipinski definition) is 2. The molecule has 0 saturated heterocycles. The molecule has 5 nitrogen and oxygen atoms in total. The maximum Gasteiger partial charge on any atom is 0.317 e. The Bertz CT molecular complexity index is 478. The fourth-order valence-corrected chi connectivity index (χ4v) is 3.74. The maximum absolute atomic E-state index is 12.1. The topological polar surface area (TPSA) is 65.5 Å². The van der Waals surface area contributed by atoms with E-state index in [0.29, 0.717) is 13.1 Å². The highest BCUT2D eigenvalue weighted by Crippen LogP contribution is 2.24. The summed E-state index contributed by atoms with van der Waals surface area (Å²) >= 11 is 1.71. The van der Waals surface area contributed by atoms with Crippen molar-refractivity contribution in [2.24, 2.45) is 5.92 Å². The second-order valence-electron chi connectivity index (χ2n) is 6.05. The lowest BCUT2D eigenvalue weighted by Gasteiger charge is -2.31. The van der Waals surface area contributed by atoms with E-state index in [0.717, 1.165) is 43.5 Å². The number of thiazole rings is 1. The molecule has 0 unspecified atom stereocenters. The molecule has 124 valence electrons. The summed E-state index contributed by atoms with van der Waals surface area (Å²) < 4.78 is 0. The Morgan fingerprint density at radius 1 is 1.50 bits per heavy atom. The Hall–Kier alpha value is -1.14. The number of aliphatic hydroxyl groups is 1. The second kappa shape index (κ2) is 8.48. The summed E-state index contributed by atoms with van der Waals surface area (Å²) in [6.07, 6.45) is 7.57. The molecule has 6 heteroatoms. The zero-order valence-corrected chi connectivity index (χ0v) is 14.4. The largest absolute Gasteiger partial charge is 0.393 e. The molecule has 1 fully saturated rings. The number of urea groups is 1. The smallest absolute Gasteiger partial charge is 0.317 e. The van der Waals surface area contributed by atoms with Gasteiger partial charge in [0.1, 0.15) is 0 Å². The summed E-state index contributed by atoms with van der Waals surface area (Å²) in [6.45, 7) is 3.35. The molecular formula is C16H27N3O2S. The number of nitrogens with one attached hydrogen (secondary N) is 1. The minimum absolute atomic E-state index is 0.0648. The molecule has 1 aliphatic rings. The van der Waals surface area contributed by atoms with Crippen molar-refractivity contribution in [2.45, 2.75) is 51.6 Å². The lowest BCUT2D eigenvalue weighted by molar-refractivity contribution is 0.0565. The Kier molecular flexibility index (Phi) is 6.64. The first-order valence-electron chi connectivity index (χ1n) is 8.20. The predicted octanol–water partition coefficient (Wildman–Crippen LogP) is 2.44. The number of aryl methyl sites for hydroxylation is 1. The highest BCUT2D eigenvalue weighted by molar-refractivity contribution is 7.11. The van der Waals surface area contributed by atoms with Crippen molar-refractivity contribution >= 4 is 17.4 Å². The van der Waals surface area contributed by atoms with Crippen LogP contribution in [0.1, 0.15) is 42.5 Å². The maximum atomic E-state index is 12.1. The van der Waals surface area contributed by atoms with E-state index in [2.05, 4.69) is 17.2 Å². The van der Waals surface area contributed by atoms with Gasteiger partial charge in [0, 0.05) is 43.5 Å². The number of aliphatic hydroxyl groups excluding tert-OH is 1. The third-order valence-corrected chi connectivity index (χ3v) is 5.49. The van der Waals surface area contributed by atoms with E-state index < -0.39 is 0 Å². The number of amides is 2. The van der Waals surface area contributed by atoms with E-state index in [1.165, 1.54) is 4.88 Å². The molecule has 2 amide bonds. The van der Waals surface area contributed by atoms with Crippen LogP contribution >= 0.6 is 11.3 Å². The summed E-state index contributed by atoms with van der Waals surface area (Å²) in [6, 6.07) is -0.0648. The van der Waals surface area contributed by atoms with E-state index in [9.17, 15) is 9.90 Å². The van der Waals surface area contributed by atoms with Crippen LogP contribution in [0, 0.1) is 5.92 Å². The predicted molar refractivity (Wildman–Crippen MR) is 89.2 cm³/mol. The van der Waals surface area contributed by atoms with Crippen molar-refractivity contribution in [2.75, 3.05) is 20.1 Å². The molecule has 1 aromatic rings. The molecular weight excluding hydrogens is 298 g/mol. The van der Waals surface area contributed by atoms with E-state index in [1.807, 2.05) is 6.20 Å². The second-order valence-corrected chi connectivity index (χ2v) is 7.25. The molecule has 1 aliphatic carbocycles. The van der Waals surface area contributed by atoms with Gasteiger partial charge in [0.2, 0.25) is 0 Å². The van der Waals surface area contributed by atoms with Crippen molar-refractivity contribution in [1.82, 2.24) is 15.2 Å². The minimum atomic E-state index is -0.258. The lowest BCUT2D eigenvalue weighted by Crippen LogP contribution is -2.43. The zero-order chi connectivity index (χ0) is 15.9. The van der Waals surface area contributed by atoms with Gasteiger partial charge in [-0.1, -0.05) is 19.8 Å². The summed E-state index contributed by atoms with van der Waals surface area (Å²) in [5.41, 5.74) is 0. The molecule has 2 N–H and O–H groups in total. The van der Waals surface area contributed by atoms with Crippen LogP contribution in [-0.4, -0.2) is 47.3 Å². The summed E-state index contributed by atoms with van der Waals surface area (Å²) in [7, 11) is 1.80. The van der Waals surface area contributed by atoms with Crippen LogP contribution in [0.3, 0.4) is 0 Å². The number of aromatic nitrogens is 1. The van der Waals surface area contributed by atoms with Gasteiger partial charge in [-0.05, 0) is 19.3 Å². The van der Waals surface area contributed by atoms with E-state index in [1.54, 1.807) is 23.3 Å². The lowest BCUT2D eigenvalue weighted by atomic mass is 9.86. The zero-order valence-electron chi connectivity index (χ0n) is 13.5. The Labute approximate surface area is 136 Å². The molecule has 1 heterocycles. The first-order valence-corrected chi connectivity index (χ1v) is 9.02. The average molecular weight is 325 g/mol. The van der Waals surface area contributed by atoms with Gasteiger partial charge in [-0.15, -0.1) is 11.3 Å². The normalized spacial score (nSPS) is 21.6. The van der Waals surface area contributed by atoms with E-state index >= 15 is 0 Å². The molecule has 0 radical (unpaired) electrons. The highest BCUT2D eigenvalue weighted by Gasteiger charge is 2.25. The van der Waals surface area contributed by atoms with Gasteiger partial charge in [-0.25, -0.2) is 9.78 Å². The average Bonchev–Trinajstić information content (AvgIpc) is 2.97. The van der Waals surface area contributed by atoms with Gasteiger partial charge in [0.05, 0.1) is 11.1 Å². The summed E-state index contributed by atoms with van der Waals surface area (Å²) in [5, 5.41) is 14.0. The van der Waals surface area contributed by atoms with Gasteiger partial charge < -0.3 is 15.3 Å². The third-order valence-electron chi connectivity index (χ3n) is 4.29. The van der Waals surface area contributed by atoms with Crippen molar-refractivity contribution in [3.63, 3.8) is 0 Å². The van der Waals surface area contributed by atoms with E-state index in [4.69, 9.17) is 0 Å². The molecule has 0 bridgehead atoms. The fraction of sp³-hybridized carbons (Fsp3) is 0.750. The molecule has 2 atom stereocenters. The summed E-state index contributed by atoms with van der Waals surface area (Å²) in [5.74, 6) is 0.218. The minimum Gasteiger partial charge on any atom is -0.393 e. The highest BCUT2D eigenvalue weighted by atomic mass is 32.1. The molecule has 1 aromatic heterocycles. The molecule has 1 saturated carbocycles. The molecule has 2 rings (SSSR count). The van der Waals surface area contributed by atoms with Crippen LogP contribution in [0.5, 0.6) is 0 Å². The van der Waals surface area contributed by atoms with Crippen LogP contribution in [-0.2, 0) is 12.8 Å². The van der Waals surface area contributed by atoms with Crippen LogP contribution in [0.4, 0.5) is 4.79 Å². The summed E-state index contributed by atoms with van der Waals surface area (Å²) in [4.78, 5) is 19.4. The first kappa shape index (κ1) is 17.2. The molecule has 0 aliphatic heterocycles. The third kappa shape index (κ3) is 4.95. The Morgan fingerprint density at radius 3 is 2.95 bits per heavy atom. The van der Waals surface area contributed by atoms with Gasteiger partial charge in [-0.2, -0.15) is 0 Å². The quantitative estimate of drug-likeness (QED) is 0.844. The van der Waals surface area contributed by atoms with Crippen LogP contribution in [0.25, 0.3) is 0 Å². The fourth-order valence-electron chi connectivity index (χ4n) is 2.87. The van der Waals surface area contributed by atoms with Crippen LogP contribution < -0.4 is 5.32 Å².